The highest BCUT2D eigenvalue weighted by Crippen LogP contribution is 2.35. The van der Waals surface area contributed by atoms with E-state index in [0.717, 1.165) is 53.5 Å². The zero-order valence-corrected chi connectivity index (χ0v) is 25.9. The van der Waals surface area contributed by atoms with Crippen LogP contribution in [0.1, 0.15) is 43.7 Å². The maximum absolute atomic E-state index is 14.3. The van der Waals surface area contributed by atoms with Gasteiger partial charge in [-0.15, -0.1) is 0 Å². The molecule has 240 valence electrons. The SMILES string of the molecule is CCCCNC(=O)NC(C(=O)N1C[C@@H](CN(C)C)Cc2cc(Cl)ccc21)C(C)c1c[nH]c2ccccc12.O=C(O)C(F)(F)F. The number of hydrogen-bond acceptors (Lipinski definition) is 4. The van der Waals surface area contributed by atoms with E-state index in [9.17, 15) is 22.8 Å². The molecule has 1 aliphatic heterocycles. The number of nitrogens with one attached hydrogen (secondary N) is 3. The number of halogens is 4. The highest BCUT2D eigenvalue weighted by molar-refractivity contribution is 6.30. The van der Waals surface area contributed by atoms with Crippen LogP contribution in [0.2, 0.25) is 5.02 Å². The average molecular weight is 638 g/mol. The highest BCUT2D eigenvalue weighted by atomic mass is 35.5. The Kier molecular flexibility index (Phi) is 12.1. The van der Waals surface area contributed by atoms with Crippen LogP contribution in [0.5, 0.6) is 0 Å². The van der Waals surface area contributed by atoms with Crippen LogP contribution in [0.15, 0.2) is 48.7 Å². The fourth-order valence-electron chi connectivity index (χ4n) is 5.35. The molecule has 2 unspecified atom stereocenters. The van der Waals surface area contributed by atoms with E-state index < -0.39 is 18.2 Å². The molecule has 4 rings (SSSR count). The summed E-state index contributed by atoms with van der Waals surface area (Å²) in [5.41, 5.74) is 3.94. The predicted molar refractivity (Wildman–Crippen MR) is 165 cm³/mol. The molecule has 1 aliphatic rings. The Morgan fingerprint density at radius 2 is 1.86 bits per heavy atom. The number of H-pyrrole nitrogens is 1. The van der Waals surface area contributed by atoms with Gasteiger partial charge in [0, 0.05) is 53.4 Å². The summed E-state index contributed by atoms with van der Waals surface area (Å²) in [4.78, 5) is 43.5. The molecule has 1 aromatic heterocycles. The number of aromatic nitrogens is 1. The standard InChI is InChI=1S/C29H38ClN5O2.C2HF3O2/c1-5-6-13-31-29(37)33-27(19(2)24-16-32-25-10-8-7-9-23(24)25)28(36)35-18-20(17-34(3)4)14-21-15-22(30)11-12-26(21)35;3-2(4,5)1(6)7/h7-12,15-16,19-20,27,32H,5-6,13-14,17-18H2,1-4H3,(H2,31,33,37);(H,6,7)/t19?,20-,27?;/m1./s1. The average Bonchev–Trinajstić information content (AvgIpc) is 3.38. The number of carboxylic acids is 1. The molecular formula is C31H39ClF3N5O4. The number of aromatic amines is 1. The first-order valence-electron chi connectivity index (χ1n) is 14.4. The quantitative estimate of drug-likeness (QED) is 0.222. The molecular weight excluding hydrogens is 599 g/mol. The van der Waals surface area contributed by atoms with Crippen LogP contribution in [0.25, 0.3) is 10.9 Å². The minimum atomic E-state index is -5.08. The van der Waals surface area contributed by atoms with Crippen molar-refractivity contribution in [2.75, 3.05) is 38.6 Å². The van der Waals surface area contributed by atoms with Crippen molar-refractivity contribution in [1.29, 1.82) is 0 Å². The van der Waals surface area contributed by atoms with Crippen molar-refractivity contribution < 1.29 is 32.7 Å². The first kappa shape index (κ1) is 34.7. The van der Waals surface area contributed by atoms with Gasteiger partial charge in [0.2, 0.25) is 5.91 Å². The smallest absolute Gasteiger partial charge is 0.475 e. The number of fused-ring (bicyclic) bond motifs is 2. The lowest BCUT2D eigenvalue weighted by molar-refractivity contribution is -0.192. The van der Waals surface area contributed by atoms with E-state index in [2.05, 4.69) is 27.4 Å². The minimum absolute atomic E-state index is 0.115. The molecule has 0 bridgehead atoms. The maximum Gasteiger partial charge on any atom is 0.490 e. The zero-order chi connectivity index (χ0) is 32.6. The first-order valence-corrected chi connectivity index (χ1v) is 14.8. The van der Waals surface area contributed by atoms with Crippen molar-refractivity contribution in [3.05, 3.63) is 64.8 Å². The number of carbonyl (C=O) groups excluding carboxylic acids is 2. The molecule has 44 heavy (non-hydrogen) atoms. The lowest BCUT2D eigenvalue weighted by Crippen LogP contribution is -2.55. The van der Waals surface area contributed by atoms with E-state index in [1.165, 1.54) is 0 Å². The molecule has 3 amide bonds. The van der Waals surface area contributed by atoms with Crippen LogP contribution >= 0.6 is 11.6 Å². The molecule has 0 saturated carbocycles. The van der Waals surface area contributed by atoms with Gasteiger partial charge in [-0.05, 0) is 68.2 Å². The number of urea groups is 1. The summed E-state index contributed by atoms with van der Waals surface area (Å²) in [7, 11) is 4.09. The van der Waals surface area contributed by atoms with Gasteiger partial charge in [0.1, 0.15) is 6.04 Å². The highest BCUT2D eigenvalue weighted by Gasteiger charge is 2.38. The molecule has 0 aliphatic carbocycles. The predicted octanol–water partition coefficient (Wildman–Crippen LogP) is 5.79. The van der Waals surface area contributed by atoms with Crippen molar-refractivity contribution in [3.63, 3.8) is 0 Å². The van der Waals surface area contributed by atoms with Crippen LogP contribution in [0, 0.1) is 5.92 Å². The van der Waals surface area contributed by atoms with Gasteiger partial charge >= 0.3 is 18.2 Å². The molecule has 0 spiro atoms. The molecule has 4 N–H and O–H groups in total. The van der Waals surface area contributed by atoms with Crippen LogP contribution in [-0.4, -0.2) is 78.8 Å². The molecule has 3 aromatic rings. The van der Waals surface area contributed by atoms with Crippen molar-refractivity contribution in [2.24, 2.45) is 5.92 Å². The number of benzene rings is 2. The van der Waals surface area contributed by atoms with Crippen LogP contribution in [0.3, 0.4) is 0 Å². The molecule has 2 heterocycles. The lowest BCUT2D eigenvalue weighted by atomic mass is 9.88. The van der Waals surface area contributed by atoms with Crippen molar-refractivity contribution in [1.82, 2.24) is 20.5 Å². The van der Waals surface area contributed by atoms with Gasteiger partial charge in [0.05, 0.1) is 0 Å². The second-order valence-electron chi connectivity index (χ2n) is 11.2. The van der Waals surface area contributed by atoms with E-state index >= 15 is 0 Å². The molecule has 0 radical (unpaired) electrons. The summed E-state index contributed by atoms with van der Waals surface area (Å²) in [5.74, 6) is -2.87. The van der Waals surface area contributed by atoms with Crippen molar-refractivity contribution in [2.45, 2.75) is 51.2 Å². The molecule has 0 fully saturated rings. The van der Waals surface area contributed by atoms with E-state index in [1.807, 2.05) is 74.6 Å². The van der Waals surface area contributed by atoms with Crippen molar-refractivity contribution >= 4 is 46.1 Å². The number of hydrogen-bond donors (Lipinski definition) is 4. The lowest BCUT2D eigenvalue weighted by Gasteiger charge is -2.38. The molecule has 3 atom stereocenters. The second-order valence-corrected chi connectivity index (χ2v) is 11.6. The van der Waals surface area contributed by atoms with E-state index in [-0.39, 0.29) is 23.8 Å². The summed E-state index contributed by atoms with van der Waals surface area (Å²) in [6.07, 6.45) is -0.415. The van der Waals surface area contributed by atoms with Crippen LogP contribution < -0.4 is 15.5 Å². The Morgan fingerprint density at radius 3 is 2.50 bits per heavy atom. The summed E-state index contributed by atoms with van der Waals surface area (Å²) in [5, 5.41) is 14.8. The molecule has 13 heteroatoms. The Balaban J connectivity index is 0.000000676. The van der Waals surface area contributed by atoms with E-state index in [1.54, 1.807) is 0 Å². The fraction of sp³-hybridized carbons (Fsp3) is 0.452. The van der Waals surface area contributed by atoms with E-state index in [4.69, 9.17) is 21.5 Å². The summed E-state index contributed by atoms with van der Waals surface area (Å²) in [6, 6.07) is 12.7. The van der Waals surface area contributed by atoms with Crippen LogP contribution in [-0.2, 0) is 16.0 Å². The molecule has 9 nitrogen and oxygen atoms in total. The Bertz CT molecular complexity index is 1450. The maximum atomic E-state index is 14.3. The van der Waals surface area contributed by atoms with Gasteiger partial charge in [0.25, 0.3) is 0 Å². The molecule has 2 aromatic carbocycles. The largest absolute Gasteiger partial charge is 0.490 e. The Hall–Kier alpha value is -3.77. The number of alkyl halides is 3. The van der Waals surface area contributed by atoms with Gasteiger partial charge in [-0.3, -0.25) is 4.79 Å². The van der Waals surface area contributed by atoms with Gasteiger partial charge in [-0.2, -0.15) is 13.2 Å². The third kappa shape index (κ3) is 9.12. The van der Waals surface area contributed by atoms with Gasteiger partial charge < -0.3 is 30.5 Å². The first-order chi connectivity index (χ1) is 20.7. The molecule has 0 saturated heterocycles. The number of rotatable bonds is 9. The van der Waals surface area contributed by atoms with Gasteiger partial charge in [-0.25, -0.2) is 9.59 Å². The number of carboxylic acid groups (broad SMARTS) is 1. The Morgan fingerprint density at radius 1 is 1.18 bits per heavy atom. The number of amides is 3. The summed E-state index contributed by atoms with van der Waals surface area (Å²) >= 11 is 6.34. The van der Waals surface area contributed by atoms with Gasteiger partial charge in [0.15, 0.2) is 0 Å². The number of anilines is 1. The van der Waals surface area contributed by atoms with Crippen molar-refractivity contribution in [3.8, 4) is 0 Å². The Labute approximate surface area is 259 Å². The number of carbonyl (C=O) groups is 3. The topological polar surface area (TPSA) is 118 Å². The third-order valence-corrected chi connectivity index (χ3v) is 7.63. The summed E-state index contributed by atoms with van der Waals surface area (Å²) < 4.78 is 31.7. The second kappa shape index (κ2) is 15.3. The number of nitrogens with zero attached hydrogens (tertiary/aromatic N) is 2. The monoisotopic (exact) mass is 637 g/mol. The number of aliphatic carboxylic acids is 1. The summed E-state index contributed by atoms with van der Waals surface area (Å²) in [6.45, 7) is 6.09. The van der Waals surface area contributed by atoms with Gasteiger partial charge in [-0.1, -0.05) is 50.1 Å². The van der Waals surface area contributed by atoms with E-state index in [0.29, 0.717) is 18.1 Å². The van der Waals surface area contributed by atoms with Crippen LogP contribution in [0.4, 0.5) is 23.7 Å². The third-order valence-electron chi connectivity index (χ3n) is 7.39. The minimum Gasteiger partial charge on any atom is -0.475 e. The number of unbranched alkanes of at least 4 members (excludes halogenated alkanes) is 1. The number of para-hydroxylation sites is 1. The fourth-order valence-corrected chi connectivity index (χ4v) is 5.54. The normalized spacial score (nSPS) is 16.0. The zero-order valence-electron chi connectivity index (χ0n) is 25.2.